The molecule has 0 saturated carbocycles. The Labute approximate surface area is 189 Å². The minimum absolute atomic E-state index is 0.575. The van der Waals surface area contributed by atoms with Crippen LogP contribution in [0.2, 0.25) is 0 Å². The van der Waals surface area contributed by atoms with Crippen molar-refractivity contribution in [2.24, 2.45) is 0 Å². The Morgan fingerprint density at radius 1 is 0.733 bits per heavy atom. The van der Waals surface area contributed by atoms with E-state index in [4.69, 9.17) is 9.97 Å². The Kier molecular flexibility index (Phi) is 4.87. The highest BCUT2D eigenvalue weighted by Gasteiger charge is 2.40. The molecule has 0 saturated heterocycles. The Bertz CT molecular complexity index is 1200. The van der Waals surface area contributed by atoms with Crippen LogP contribution < -0.4 is 0 Å². The smallest absolute Gasteiger partial charge is 0.161 e. The van der Waals surface area contributed by atoms with E-state index < -0.39 is 5.54 Å². The molecule has 0 aliphatic carbocycles. The van der Waals surface area contributed by atoms with E-state index in [2.05, 4.69) is 124 Å². The summed E-state index contributed by atoms with van der Waals surface area (Å²) in [6.07, 6.45) is 4.02. The van der Waals surface area contributed by atoms with E-state index in [0.717, 1.165) is 20.4 Å². The molecule has 0 aliphatic heterocycles. The number of hydrogen-bond donors (Lipinski definition) is 0. The van der Waals surface area contributed by atoms with Crippen LogP contribution in [0.1, 0.15) is 22.4 Å². The zero-order chi connectivity index (χ0) is 20.6. The first-order chi connectivity index (χ1) is 14.7. The number of nitrogens with zero attached hydrogens (tertiary/aromatic N) is 3. The predicted octanol–water partition coefficient (Wildman–Crippen LogP) is 6.18. The number of rotatable bonds is 4. The van der Waals surface area contributed by atoms with Crippen molar-refractivity contribution in [3.05, 3.63) is 129 Å². The summed E-state index contributed by atoms with van der Waals surface area (Å²) in [4.78, 5) is 9.64. The lowest BCUT2D eigenvalue weighted by atomic mass is 9.76. The van der Waals surface area contributed by atoms with Crippen LogP contribution in [0.25, 0.3) is 11.2 Å². The second-order valence-electron chi connectivity index (χ2n) is 7.34. The van der Waals surface area contributed by atoms with Crippen LogP contribution in [-0.2, 0) is 5.54 Å². The maximum absolute atomic E-state index is 4.93. The molecule has 146 valence electrons. The van der Waals surface area contributed by atoms with Crippen molar-refractivity contribution in [3.8, 4) is 0 Å². The number of aryl methyl sites for hydroxylation is 1. The largest absolute Gasteiger partial charge is 0.312 e. The van der Waals surface area contributed by atoms with E-state index in [1.807, 2.05) is 13.1 Å². The van der Waals surface area contributed by atoms with Crippen molar-refractivity contribution < 1.29 is 0 Å². The van der Waals surface area contributed by atoms with E-state index in [-0.39, 0.29) is 0 Å². The highest BCUT2D eigenvalue weighted by Crippen LogP contribution is 2.43. The minimum Gasteiger partial charge on any atom is -0.312 e. The van der Waals surface area contributed by atoms with Gasteiger partial charge in [-0.2, -0.15) is 0 Å². The van der Waals surface area contributed by atoms with Gasteiger partial charge in [-0.25, -0.2) is 9.97 Å². The Hall–Kier alpha value is -2.99. The Morgan fingerprint density at radius 3 is 1.67 bits per heavy atom. The summed E-state index contributed by atoms with van der Waals surface area (Å²) >= 11 is 2.37. The zero-order valence-corrected chi connectivity index (χ0v) is 18.7. The number of aromatic nitrogens is 3. The molecule has 0 radical (unpaired) electrons. The SMILES string of the molecule is Cc1cnc2c(I)cn(C(c3ccccc3)(c3ccccc3)c3ccccc3)c2n1. The number of benzene rings is 3. The quantitative estimate of drug-likeness (QED) is 0.217. The van der Waals surface area contributed by atoms with Gasteiger partial charge in [0.2, 0.25) is 0 Å². The van der Waals surface area contributed by atoms with E-state index in [9.17, 15) is 0 Å². The van der Waals surface area contributed by atoms with E-state index in [1.54, 1.807) is 0 Å². The molecule has 0 amide bonds. The Balaban J connectivity index is 1.99. The summed E-state index contributed by atoms with van der Waals surface area (Å²) in [5.74, 6) is 0. The molecule has 0 fully saturated rings. The molecule has 0 atom stereocenters. The molecule has 3 aromatic carbocycles. The van der Waals surface area contributed by atoms with Gasteiger partial charge in [0, 0.05) is 12.4 Å². The fraction of sp³-hybridized carbons (Fsp3) is 0.0769. The van der Waals surface area contributed by atoms with Crippen LogP contribution in [0.3, 0.4) is 0 Å². The van der Waals surface area contributed by atoms with Crippen molar-refractivity contribution in [1.82, 2.24) is 14.5 Å². The van der Waals surface area contributed by atoms with Crippen molar-refractivity contribution >= 4 is 33.8 Å². The summed E-state index contributed by atoms with van der Waals surface area (Å²) in [6.45, 7) is 1.99. The Morgan fingerprint density at radius 2 is 1.20 bits per heavy atom. The number of halogens is 1. The van der Waals surface area contributed by atoms with Crippen molar-refractivity contribution in [2.45, 2.75) is 12.5 Å². The molecule has 2 heterocycles. The van der Waals surface area contributed by atoms with Crippen molar-refractivity contribution in [1.29, 1.82) is 0 Å². The van der Waals surface area contributed by atoms with Crippen LogP contribution in [0.5, 0.6) is 0 Å². The highest BCUT2D eigenvalue weighted by molar-refractivity contribution is 14.1. The molecular weight excluding hydrogens is 481 g/mol. The van der Waals surface area contributed by atoms with Gasteiger partial charge < -0.3 is 4.57 Å². The second-order valence-corrected chi connectivity index (χ2v) is 8.50. The lowest BCUT2D eigenvalue weighted by molar-refractivity contribution is 0.529. The molecule has 0 bridgehead atoms. The average molecular weight is 501 g/mol. The minimum atomic E-state index is -0.575. The first-order valence-electron chi connectivity index (χ1n) is 9.88. The molecule has 0 N–H and O–H groups in total. The van der Waals surface area contributed by atoms with Gasteiger partial charge in [0.25, 0.3) is 0 Å². The molecule has 0 aliphatic rings. The van der Waals surface area contributed by atoms with Gasteiger partial charge in [0.15, 0.2) is 5.65 Å². The van der Waals surface area contributed by atoms with Crippen molar-refractivity contribution in [2.75, 3.05) is 0 Å². The van der Waals surface area contributed by atoms with Crippen LogP contribution in [0.15, 0.2) is 103 Å². The standard InChI is InChI=1S/C26H20IN3/c1-19-17-28-24-23(27)18-30(25(24)29-19)26(20-11-5-2-6-12-20,21-13-7-3-8-14-21)22-15-9-4-10-16-22/h2-18H,1H3. The first-order valence-corrected chi connectivity index (χ1v) is 11.0. The lowest BCUT2D eigenvalue weighted by Gasteiger charge is -2.38. The third-order valence-electron chi connectivity index (χ3n) is 5.51. The summed E-state index contributed by atoms with van der Waals surface area (Å²) in [7, 11) is 0. The third kappa shape index (κ3) is 2.94. The van der Waals surface area contributed by atoms with Gasteiger partial charge in [0.05, 0.1) is 9.26 Å². The molecule has 5 aromatic rings. The lowest BCUT2D eigenvalue weighted by Crippen LogP contribution is -2.37. The average Bonchev–Trinajstić information content (AvgIpc) is 3.12. The first kappa shape index (κ1) is 19.0. The van der Waals surface area contributed by atoms with Gasteiger partial charge >= 0.3 is 0 Å². The molecule has 3 nitrogen and oxygen atoms in total. The van der Waals surface area contributed by atoms with E-state index >= 15 is 0 Å². The summed E-state index contributed by atoms with van der Waals surface area (Å²) in [5.41, 5.74) is 5.68. The van der Waals surface area contributed by atoms with Gasteiger partial charge in [-0.15, -0.1) is 0 Å². The van der Waals surface area contributed by atoms with Crippen LogP contribution in [0.4, 0.5) is 0 Å². The molecule has 4 heteroatoms. The summed E-state index contributed by atoms with van der Waals surface area (Å²) < 4.78 is 3.38. The predicted molar refractivity (Wildman–Crippen MR) is 130 cm³/mol. The van der Waals surface area contributed by atoms with Gasteiger partial charge in [-0.1, -0.05) is 91.0 Å². The normalized spacial score (nSPS) is 11.7. The molecule has 5 rings (SSSR count). The van der Waals surface area contributed by atoms with Crippen LogP contribution in [-0.4, -0.2) is 14.5 Å². The van der Waals surface area contributed by atoms with Crippen LogP contribution >= 0.6 is 22.6 Å². The van der Waals surface area contributed by atoms with Crippen LogP contribution in [0, 0.1) is 10.5 Å². The maximum Gasteiger partial charge on any atom is 0.161 e. The molecule has 2 aromatic heterocycles. The third-order valence-corrected chi connectivity index (χ3v) is 6.30. The van der Waals surface area contributed by atoms with E-state index in [0.29, 0.717) is 0 Å². The number of fused-ring (bicyclic) bond motifs is 1. The highest BCUT2D eigenvalue weighted by atomic mass is 127. The molecule has 0 unspecified atom stereocenters. The van der Waals surface area contributed by atoms with Gasteiger partial charge in [-0.3, -0.25) is 0 Å². The van der Waals surface area contributed by atoms with Gasteiger partial charge in [0.1, 0.15) is 11.1 Å². The van der Waals surface area contributed by atoms with Crippen molar-refractivity contribution in [3.63, 3.8) is 0 Å². The zero-order valence-electron chi connectivity index (χ0n) is 16.5. The molecule has 0 spiro atoms. The van der Waals surface area contributed by atoms with E-state index in [1.165, 1.54) is 16.7 Å². The number of hydrogen-bond acceptors (Lipinski definition) is 2. The summed E-state index contributed by atoms with van der Waals surface area (Å²) in [5, 5.41) is 0. The monoisotopic (exact) mass is 501 g/mol. The maximum atomic E-state index is 4.93. The fourth-order valence-electron chi connectivity index (χ4n) is 4.25. The molecular formula is C26H20IN3. The molecule has 30 heavy (non-hydrogen) atoms. The summed E-state index contributed by atoms with van der Waals surface area (Å²) in [6, 6.07) is 32.0. The van der Waals surface area contributed by atoms with Gasteiger partial charge in [-0.05, 0) is 46.2 Å². The fourth-order valence-corrected chi connectivity index (χ4v) is 4.91. The topological polar surface area (TPSA) is 30.7 Å². The second kappa shape index (κ2) is 7.69.